The number of furan rings is 1. The van der Waals surface area contributed by atoms with Gasteiger partial charge in [0.2, 0.25) is 5.91 Å². The molecule has 1 fully saturated rings. The topological polar surface area (TPSA) is 102 Å². The Bertz CT molecular complexity index is 802. The maximum atomic E-state index is 11.0. The van der Waals surface area contributed by atoms with Crippen molar-refractivity contribution in [1.82, 2.24) is 10.3 Å². The Labute approximate surface area is 145 Å². The number of nitrogens with one attached hydrogen (secondary N) is 1. The normalized spacial score (nSPS) is 16.9. The zero-order valence-corrected chi connectivity index (χ0v) is 14.2. The van der Waals surface area contributed by atoms with E-state index < -0.39 is 4.92 Å². The zero-order chi connectivity index (χ0) is 18.0. The van der Waals surface area contributed by atoms with E-state index in [0.29, 0.717) is 23.8 Å². The van der Waals surface area contributed by atoms with E-state index in [1.54, 1.807) is 13.0 Å². The van der Waals surface area contributed by atoms with E-state index in [9.17, 15) is 14.9 Å². The second-order valence-electron chi connectivity index (χ2n) is 6.10. The molecule has 0 bridgehead atoms. The summed E-state index contributed by atoms with van der Waals surface area (Å²) in [5.74, 6) is 2.12. The molecule has 1 aliphatic heterocycles. The van der Waals surface area contributed by atoms with Crippen LogP contribution in [0.4, 0.5) is 11.5 Å². The smallest absolute Gasteiger partial charge is 0.290 e. The maximum absolute atomic E-state index is 11.0. The number of nitrogens with zero attached hydrogens (tertiary/aromatic N) is 3. The second-order valence-corrected chi connectivity index (χ2v) is 6.10. The standard InChI is InChI=1S/C17H20N4O4/c1-11-14(21(23)24)6-8-17(19-11)20-9-3-4-15(20)16-7-5-13(25-16)10-18-12(2)22/h5-8,15H,3-4,9-10H2,1-2H3,(H,18,22)/t15-/m1/s1. The van der Waals surface area contributed by atoms with Crippen molar-refractivity contribution in [3.05, 3.63) is 51.6 Å². The zero-order valence-electron chi connectivity index (χ0n) is 14.2. The largest absolute Gasteiger partial charge is 0.462 e. The minimum absolute atomic E-state index is 0.0232. The molecule has 2 aromatic rings. The van der Waals surface area contributed by atoms with Crippen LogP contribution in [0.15, 0.2) is 28.7 Å². The van der Waals surface area contributed by atoms with Gasteiger partial charge in [-0.15, -0.1) is 0 Å². The molecule has 3 heterocycles. The Morgan fingerprint density at radius 1 is 1.44 bits per heavy atom. The highest BCUT2D eigenvalue weighted by atomic mass is 16.6. The summed E-state index contributed by atoms with van der Waals surface area (Å²) < 4.78 is 5.87. The molecule has 0 saturated carbocycles. The maximum Gasteiger partial charge on any atom is 0.290 e. The Balaban J connectivity index is 1.80. The summed E-state index contributed by atoms with van der Waals surface area (Å²) in [4.78, 5) is 28.1. The van der Waals surface area contributed by atoms with Crippen molar-refractivity contribution in [3.63, 3.8) is 0 Å². The Hall–Kier alpha value is -2.90. The van der Waals surface area contributed by atoms with Crippen LogP contribution in [0.3, 0.4) is 0 Å². The van der Waals surface area contributed by atoms with E-state index in [0.717, 1.165) is 25.1 Å². The van der Waals surface area contributed by atoms with E-state index in [1.807, 2.05) is 12.1 Å². The molecule has 1 N–H and O–H groups in total. The van der Waals surface area contributed by atoms with Gasteiger partial charge < -0.3 is 14.6 Å². The van der Waals surface area contributed by atoms with Gasteiger partial charge in [0, 0.05) is 19.5 Å². The molecule has 0 radical (unpaired) electrons. The van der Waals surface area contributed by atoms with Crippen LogP contribution < -0.4 is 10.2 Å². The average molecular weight is 344 g/mol. The summed E-state index contributed by atoms with van der Waals surface area (Å²) >= 11 is 0. The predicted octanol–water partition coefficient (Wildman–Crippen LogP) is 2.87. The summed E-state index contributed by atoms with van der Waals surface area (Å²) in [6.45, 7) is 4.28. The number of hydrogen-bond acceptors (Lipinski definition) is 6. The number of carbonyl (C=O) groups is 1. The van der Waals surface area contributed by atoms with Gasteiger partial charge in [-0.25, -0.2) is 4.98 Å². The van der Waals surface area contributed by atoms with Gasteiger partial charge in [0.05, 0.1) is 17.5 Å². The number of nitro groups is 1. The van der Waals surface area contributed by atoms with Crippen LogP contribution in [0.2, 0.25) is 0 Å². The number of carbonyl (C=O) groups excluding carboxylic acids is 1. The van der Waals surface area contributed by atoms with Gasteiger partial charge in [-0.2, -0.15) is 0 Å². The summed E-state index contributed by atoms with van der Waals surface area (Å²) in [6.07, 6.45) is 1.91. The van der Waals surface area contributed by atoms with E-state index >= 15 is 0 Å². The minimum atomic E-state index is -0.422. The van der Waals surface area contributed by atoms with Gasteiger partial charge in [0.1, 0.15) is 23.0 Å². The SMILES string of the molecule is CC(=O)NCc1ccc([C@H]2CCCN2c2ccc([N+](=O)[O-])c(C)n2)o1. The van der Waals surface area contributed by atoms with E-state index in [2.05, 4.69) is 15.2 Å². The van der Waals surface area contributed by atoms with Crippen molar-refractivity contribution in [2.75, 3.05) is 11.4 Å². The number of pyridine rings is 1. The molecule has 8 heteroatoms. The molecule has 0 spiro atoms. The molecular weight excluding hydrogens is 324 g/mol. The number of aromatic nitrogens is 1. The van der Waals surface area contributed by atoms with Crippen molar-refractivity contribution in [1.29, 1.82) is 0 Å². The number of rotatable bonds is 5. The van der Waals surface area contributed by atoms with Crippen LogP contribution in [0.25, 0.3) is 0 Å². The monoisotopic (exact) mass is 344 g/mol. The lowest BCUT2D eigenvalue weighted by atomic mass is 10.1. The van der Waals surface area contributed by atoms with Crippen LogP contribution in [0.1, 0.15) is 43.0 Å². The third kappa shape index (κ3) is 3.62. The summed E-state index contributed by atoms with van der Waals surface area (Å²) in [6, 6.07) is 7.00. The first-order valence-corrected chi connectivity index (χ1v) is 8.17. The molecule has 1 saturated heterocycles. The van der Waals surface area contributed by atoms with Crippen LogP contribution in [0, 0.1) is 17.0 Å². The third-order valence-corrected chi connectivity index (χ3v) is 4.31. The minimum Gasteiger partial charge on any atom is -0.462 e. The Morgan fingerprint density at radius 2 is 2.24 bits per heavy atom. The van der Waals surface area contributed by atoms with Crippen molar-refractivity contribution in [2.45, 2.75) is 39.3 Å². The summed E-state index contributed by atoms with van der Waals surface area (Å²) in [5, 5.41) is 13.7. The molecule has 3 rings (SSSR count). The summed E-state index contributed by atoms with van der Waals surface area (Å²) in [7, 11) is 0. The molecule has 8 nitrogen and oxygen atoms in total. The Kier molecular flexibility index (Phi) is 4.69. The van der Waals surface area contributed by atoms with E-state index in [-0.39, 0.29) is 17.6 Å². The highest BCUT2D eigenvalue weighted by Crippen LogP contribution is 2.36. The van der Waals surface area contributed by atoms with E-state index in [4.69, 9.17) is 4.42 Å². The lowest BCUT2D eigenvalue weighted by molar-refractivity contribution is -0.385. The van der Waals surface area contributed by atoms with Crippen molar-refractivity contribution >= 4 is 17.4 Å². The van der Waals surface area contributed by atoms with Crippen molar-refractivity contribution in [2.24, 2.45) is 0 Å². The van der Waals surface area contributed by atoms with Gasteiger partial charge >= 0.3 is 0 Å². The highest BCUT2D eigenvalue weighted by molar-refractivity contribution is 5.72. The number of anilines is 1. The number of hydrogen-bond donors (Lipinski definition) is 1. The van der Waals surface area contributed by atoms with Crippen LogP contribution >= 0.6 is 0 Å². The first-order valence-electron chi connectivity index (χ1n) is 8.17. The van der Waals surface area contributed by atoms with Crippen molar-refractivity contribution in [3.8, 4) is 0 Å². The number of amides is 1. The number of aryl methyl sites for hydroxylation is 1. The van der Waals surface area contributed by atoms with Crippen LogP contribution in [-0.2, 0) is 11.3 Å². The fraction of sp³-hybridized carbons (Fsp3) is 0.412. The van der Waals surface area contributed by atoms with Gasteiger partial charge in [-0.05, 0) is 38.0 Å². The molecule has 1 amide bonds. The van der Waals surface area contributed by atoms with Crippen LogP contribution in [-0.4, -0.2) is 22.4 Å². The van der Waals surface area contributed by atoms with Gasteiger partial charge in [-0.3, -0.25) is 14.9 Å². The quantitative estimate of drug-likeness (QED) is 0.661. The molecule has 132 valence electrons. The Morgan fingerprint density at radius 3 is 2.92 bits per heavy atom. The molecule has 1 aliphatic rings. The average Bonchev–Trinajstić information content (AvgIpc) is 3.21. The molecule has 25 heavy (non-hydrogen) atoms. The molecule has 0 aliphatic carbocycles. The van der Waals surface area contributed by atoms with Crippen molar-refractivity contribution < 1.29 is 14.1 Å². The van der Waals surface area contributed by atoms with E-state index in [1.165, 1.54) is 13.0 Å². The van der Waals surface area contributed by atoms with Gasteiger partial charge in [0.25, 0.3) is 5.69 Å². The molecular formula is C17H20N4O4. The lowest BCUT2D eigenvalue weighted by Gasteiger charge is -2.24. The molecule has 0 unspecified atom stereocenters. The highest BCUT2D eigenvalue weighted by Gasteiger charge is 2.30. The van der Waals surface area contributed by atoms with Gasteiger partial charge in [-0.1, -0.05) is 0 Å². The fourth-order valence-electron chi connectivity index (χ4n) is 3.11. The van der Waals surface area contributed by atoms with Gasteiger partial charge in [0.15, 0.2) is 0 Å². The molecule has 2 aromatic heterocycles. The molecule has 1 atom stereocenters. The first-order chi connectivity index (χ1) is 12.0. The third-order valence-electron chi connectivity index (χ3n) is 4.31. The van der Waals surface area contributed by atoms with Crippen LogP contribution in [0.5, 0.6) is 0 Å². The lowest BCUT2D eigenvalue weighted by Crippen LogP contribution is -2.23. The second kappa shape index (κ2) is 6.92. The fourth-order valence-corrected chi connectivity index (χ4v) is 3.11. The first kappa shape index (κ1) is 16.9. The predicted molar refractivity (Wildman–Crippen MR) is 91.2 cm³/mol. The summed E-state index contributed by atoms with van der Waals surface area (Å²) in [5.41, 5.74) is 0.425. The molecule has 0 aromatic carbocycles.